The monoisotopic (exact) mass is 417 g/mol. The van der Waals surface area contributed by atoms with Crippen LogP contribution in [0.3, 0.4) is 0 Å². The van der Waals surface area contributed by atoms with Gasteiger partial charge in [-0.3, -0.25) is 19.3 Å². The van der Waals surface area contributed by atoms with Crippen LogP contribution in [0, 0.1) is 0 Å². The maximum Gasteiger partial charge on any atom is 0.293 e. The summed E-state index contributed by atoms with van der Waals surface area (Å²) in [5, 5.41) is 0.00722. The highest BCUT2D eigenvalue weighted by molar-refractivity contribution is 8.18. The number of nitrogens with zero attached hydrogens (tertiary/aromatic N) is 1. The van der Waals surface area contributed by atoms with Crippen molar-refractivity contribution < 1.29 is 23.9 Å². The van der Waals surface area contributed by atoms with E-state index >= 15 is 0 Å². The number of carbonyl (C=O) groups excluding carboxylic acids is 3. The second-order valence-corrected chi connectivity index (χ2v) is 7.27. The molecule has 2 aromatic carbocycles. The van der Waals surface area contributed by atoms with Crippen molar-refractivity contribution in [1.82, 2.24) is 4.90 Å². The highest BCUT2D eigenvalue weighted by Crippen LogP contribution is 2.33. The van der Waals surface area contributed by atoms with Crippen LogP contribution in [-0.4, -0.2) is 42.6 Å². The molecule has 1 heterocycles. The molecule has 6 nitrogen and oxygen atoms in total. The van der Waals surface area contributed by atoms with Crippen molar-refractivity contribution in [2.24, 2.45) is 0 Å². The Bertz CT molecular complexity index is 949. The summed E-state index contributed by atoms with van der Waals surface area (Å²) in [6.07, 6.45) is 1.57. The van der Waals surface area contributed by atoms with Gasteiger partial charge >= 0.3 is 0 Å². The van der Waals surface area contributed by atoms with E-state index in [-0.39, 0.29) is 17.2 Å². The first-order valence-electron chi connectivity index (χ1n) is 8.18. The number of hydrogen-bond donors (Lipinski definition) is 0. The number of ether oxygens (including phenoxy) is 2. The lowest BCUT2D eigenvalue weighted by molar-refractivity contribution is -0.122. The van der Waals surface area contributed by atoms with E-state index in [1.807, 2.05) is 0 Å². The van der Waals surface area contributed by atoms with Gasteiger partial charge in [0.05, 0.1) is 25.7 Å². The zero-order chi connectivity index (χ0) is 20.3. The standard InChI is InChI=1S/C20H16ClNO5S/c1-26-15-7-12(8-16(10-15)27-2)9-18-19(24)22(20(25)28-18)11-17(23)13-3-5-14(21)6-4-13/h3-10H,11H2,1-2H3/b18-9+. The molecule has 0 radical (unpaired) electrons. The molecule has 0 atom stereocenters. The van der Waals surface area contributed by atoms with Crippen molar-refractivity contribution in [3.05, 3.63) is 63.5 Å². The van der Waals surface area contributed by atoms with Gasteiger partial charge in [-0.15, -0.1) is 0 Å². The minimum atomic E-state index is -0.515. The number of thioether (sulfide) groups is 1. The molecule has 0 aliphatic carbocycles. The summed E-state index contributed by atoms with van der Waals surface area (Å²) >= 11 is 6.60. The van der Waals surface area contributed by atoms with Gasteiger partial charge in [-0.1, -0.05) is 11.6 Å². The first-order valence-corrected chi connectivity index (χ1v) is 9.38. The lowest BCUT2D eigenvalue weighted by Gasteiger charge is -2.11. The molecule has 1 aliphatic heterocycles. The van der Waals surface area contributed by atoms with Crippen molar-refractivity contribution in [1.29, 1.82) is 0 Å². The van der Waals surface area contributed by atoms with E-state index in [0.29, 0.717) is 27.6 Å². The molecule has 1 saturated heterocycles. The fourth-order valence-corrected chi connectivity index (χ4v) is 3.54. The van der Waals surface area contributed by atoms with Crippen molar-refractivity contribution in [2.75, 3.05) is 20.8 Å². The molecule has 0 aromatic heterocycles. The summed E-state index contributed by atoms with van der Waals surface area (Å²) in [6, 6.07) is 11.4. The van der Waals surface area contributed by atoms with E-state index in [1.54, 1.807) is 48.5 Å². The van der Waals surface area contributed by atoms with Gasteiger partial charge in [0.1, 0.15) is 11.5 Å². The number of methoxy groups -OCH3 is 2. The van der Waals surface area contributed by atoms with E-state index in [4.69, 9.17) is 21.1 Å². The summed E-state index contributed by atoms with van der Waals surface area (Å²) in [7, 11) is 3.05. The number of Topliss-reactive ketones (excluding diaryl/α,β-unsaturated/α-hetero) is 1. The largest absolute Gasteiger partial charge is 0.497 e. The molecule has 0 unspecified atom stereocenters. The highest BCUT2D eigenvalue weighted by Gasteiger charge is 2.36. The molecule has 2 aromatic rings. The smallest absolute Gasteiger partial charge is 0.293 e. The number of imide groups is 1. The molecule has 8 heteroatoms. The normalized spacial score (nSPS) is 15.2. The van der Waals surface area contributed by atoms with Gasteiger partial charge in [0.25, 0.3) is 11.1 Å². The summed E-state index contributed by atoms with van der Waals surface area (Å²) < 4.78 is 10.4. The quantitative estimate of drug-likeness (QED) is 0.516. The second-order valence-electron chi connectivity index (χ2n) is 5.84. The molecule has 0 bridgehead atoms. The third-order valence-electron chi connectivity index (χ3n) is 4.01. The first kappa shape index (κ1) is 20.0. The number of ketones is 1. The Morgan fingerprint density at radius 2 is 1.68 bits per heavy atom. The predicted molar refractivity (Wildman–Crippen MR) is 108 cm³/mol. The zero-order valence-corrected chi connectivity index (χ0v) is 16.7. The van der Waals surface area contributed by atoms with Crippen LogP contribution >= 0.6 is 23.4 Å². The van der Waals surface area contributed by atoms with Crippen molar-refractivity contribution in [3.63, 3.8) is 0 Å². The van der Waals surface area contributed by atoms with Gasteiger partial charge in [0.15, 0.2) is 5.78 Å². The fraction of sp³-hybridized carbons (Fsp3) is 0.150. The van der Waals surface area contributed by atoms with Gasteiger partial charge in [0.2, 0.25) is 0 Å². The van der Waals surface area contributed by atoms with Crippen LogP contribution in [0.1, 0.15) is 15.9 Å². The van der Waals surface area contributed by atoms with Gasteiger partial charge in [-0.2, -0.15) is 0 Å². The molecule has 28 heavy (non-hydrogen) atoms. The maximum atomic E-state index is 12.6. The van der Waals surface area contributed by atoms with E-state index in [9.17, 15) is 14.4 Å². The van der Waals surface area contributed by atoms with E-state index < -0.39 is 11.1 Å². The zero-order valence-electron chi connectivity index (χ0n) is 15.1. The minimum absolute atomic E-state index is 0.226. The SMILES string of the molecule is COc1cc(/C=C2/SC(=O)N(CC(=O)c3ccc(Cl)cc3)C2=O)cc(OC)c1. The number of carbonyl (C=O) groups is 3. The van der Waals surface area contributed by atoms with Crippen molar-refractivity contribution >= 4 is 46.4 Å². The molecule has 0 saturated carbocycles. The molecule has 3 rings (SSSR count). The van der Waals surface area contributed by atoms with Crippen LogP contribution in [0.2, 0.25) is 5.02 Å². The molecule has 0 N–H and O–H groups in total. The molecule has 1 aliphatic rings. The Morgan fingerprint density at radius 3 is 2.25 bits per heavy atom. The van der Waals surface area contributed by atoms with Crippen LogP contribution < -0.4 is 9.47 Å². The van der Waals surface area contributed by atoms with Crippen LogP contribution in [-0.2, 0) is 4.79 Å². The van der Waals surface area contributed by atoms with Gasteiger partial charge in [-0.25, -0.2) is 0 Å². The van der Waals surface area contributed by atoms with Gasteiger partial charge < -0.3 is 9.47 Å². The van der Waals surface area contributed by atoms with Crippen LogP contribution in [0.15, 0.2) is 47.4 Å². The summed E-state index contributed by atoms with van der Waals surface area (Å²) in [5.41, 5.74) is 1.02. The van der Waals surface area contributed by atoms with E-state index in [2.05, 4.69) is 0 Å². The number of halogens is 1. The molecular weight excluding hydrogens is 402 g/mol. The Labute approximate surface area is 171 Å². The average molecular weight is 418 g/mol. The molecule has 0 spiro atoms. The number of hydrogen-bond acceptors (Lipinski definition) is 6. The number of benzene rings is 2. The third kappa shape index (κ3) is 4.37. The van der Waals surface area contributed by atoms with Crippen LogP contribution in [0.25, 0.3) is 6.08 Å². The average Bonchev–Trinajstić information content (AvgIpc) is 2.95. The van der Waals surface area contributed by atoms with E-state index in [0.717, 1.165) is 16.7 Å². The summed E-state index contributed by atoms with van der Waals surface area (Å²) in [4.78, 5) is 38.4. The Kier molecular flexibility index (Phi) is 6.06. The Hall–Kier alpha value is -2.77. The molecule has 2 amide bonds. The third-order valence-corrected chi connectivity index (χ3v) is 5.17. The van der Waals surface area contributed by atoms with Gasteiger partial charge in [-0.05, 0) is 59.8 Å². The summed E-state index contributed by atoms with van der Waals surface area (Å²) in [6.45, 7) is -0.328. The Morgan fingerprint density at radius 1 is 1.07 bits per heavy atom. The van der Waals surface area contributed by atoms with Crippen LogP contribution in [0.5, 0.6) is 11.5 Å². The topological polar surface area (TPSA) is 72.9 Å². The minimum Gasteiger partial charge on any atom is -0.497 e. The summed E-state index contributed by atoms with van der Waals surface area (Å²) in [5.74, 6) is 0.257. The second kappa shape index (κ2) is 8.50. The predicted octanol–water partition coefficient (Wildman–Crippen LogP) is 4.28. The highest BCUT2D eigenvalue weighted by atomic mass is 35.5. The first-order chi connectivity index (χ1) is 13.4. The van der Waals surface area contributed by atoms with Gasteiger partial charge in [0, 0.05) is 16.7 Å². The molecule has 144 valence electrons. The lowest BCUT2D eigenvalue weighted by atomic mass is 10.1. The van der Waals surface area contributed by atoms with Crippen molar-refractivity contribution in [3.8, 4) is 11.5 Å². The lowest BCUT2D eigenvalue weighted by Crippen LogP contribution is -2.33. The van der Waals surface area contributed by atoms with Crippen molar-refractivity contribution in [2.45, 2.75) is 0 Å². The van der Waals surface area contributed by atoms with E-state index in [1.165, 1.54) is 14.2 Å². The van der Waals surface area contributed by atoms with Crippen LogP contribution in [0.4, 0.5) is 4.79 Å². The number of amides is 2. The molecular formula is C20H16ClNO5S. The molecule has 1 fully saturated rings. The fourth-order valence-electron chi connectivity index (χ4n) is 2.57. The number of rotatable bonds is 6. The Balaban J connectivity index is 1.80. The maximum absolute atomic E-state index is 12.6.